The van der Waals surface area contributed by atoms with E-state index in [4.69, 9.17) is 5.73 Å². The van der Waals surface area contributed by atoms with Gasteiger partial charge in [0.1, 0.15) is 12.0 Å². The molecule has 2 aromatic rings. The lowest BCUT2D eigenvalue weighted by molar-refractivity contribution is 0.252. The van der Waals surface area contributed by atoms with Crippen LogP contribution in [0.25, 0.3) is 0 Å². The Morgan fingerprint density at radius 1 is 1.00 bits per heavy atom. The summed E-state index contributed by atoms with van der Waals surface area (Å²) in [6.45, 7) is 4.27. The molecule has 2 aliphatic heterocycles. The van der Waals surface area contributed by atoms with E-state index in [-0.39, 0.29) is 0 Å². The SMILES string of the molecule is CN1CCC(N(C)c2ncnc(N3CCC(Cc4ccccc4)CC3)c2N)CC1. The topological polar surface area (TPSA) is 61.5 Å². The summed E-state index contributed by atoms with van der Waals surface area (Å²) >= 11 is 0. The quantitative estimate of drug-likeness (QED) is 0.841. The molecule has 1 aromatic heterocycles. The van der Waals surface area contributed by atoms with Crippen molar-refractivity contribution >= 4 is 17.3 Å². The van der Waals surface area contributed by atoms with Crippen molar-refractivity contribution in [2.24, 2.45) is 5.92 Å². The van der Waals surface area contributed by atoms with Crippen LogP contribution in [-0.2, 0) is 6.42 Å². The van der Waals surface area contributed by atoms with Gasteiger partial charge in [0.2, 0.25) is 0 Å². The van der Waals surface area contributed by atoms with E-state index < -0.39 is 0 Å². The second-order valence-corrected chi connectivity index (χ2v) is 8.70. The summed E-state index contributed by atoms with van der Waals surface area (Å²) in [6, 6.07) is 11.3. The molecule has 6 heteroatoms. The lowest BCUT2D eigenvalue weighted by Crippen LogP contribution is -2.42. The maximum Gasteiger partial charge on any atom is 0.157 e. The Morgan fingerprint density at radius 2 is 1.69 bits per heavy atom. The Labute approximate surface area is 174 Å². The molecule has 0 aliphatic carbocycles. The number of hydrogen-bond acceptors (Lipinski definition) is 6. The molecule has 3 heterocycles. The molecule has 0 amide bonds. The van der Waals surface area contributed by atoms with Crippen molar-refractivity contribution in [2.75, 3.05) is 55.8 Å². The van der Waals surface area contributed by atoms with E-state index in [1.54, 1.807) is 6.33 Å². The summed E-state index contributed by atoms with van der Waals surface area (Å²) in [6.07, 6.45) is 7.50. The van der Waals surface area contributed by atoms with Gasteiger partial charge in [0.25, 0.3) is 0 Å². The predicted octanol–water partition coefficient (Wildman–Crippen LogP) is 3.05. The van der Waals surface area contributed by atoms with Crippen molar-refractivity contribution in [3.8, 4) is 0 Å². The molecule has 0 spiro atoms. The first-order chi connectivity index (χ1) is 14.1. The van der Waals surface area contributed by atoms with E-state index in [0.29, 0.717) is 6.04 Å². The van der Waals surface area contributed by atoms with Gasteiger partial charge < -0.3 is 20.4 Å². The Kier molecular flexibility index (Phi) is 6.19. The lowest BCUT2D eigenvalue weighted by atomic mass is 9.90. The highest BCUT2D eigenvalue weighted by atomic mass is 15.3. The van der Waals surface area contributed by atoms with Gasteiger partial charge in [0.15, 0.2) is 11.6 Å². The zero-order chi connectivity index (χ0) is 20.2. The van der Waals surface area contributed by atoms with E-state index in [0.717, 1.165) is 68.7 Å². The maximum absolute atomic E-state index is 6.59. The second kappa shape index (κ2) is 8.99. The highest BCUT2D eigenvalue weighted by molar-refractivity contribution is 5.75. The van der Waals surface area contributed by atoms with Crippen LogP contribution in [-0.4, -0.2) is 61.2 Å². The van der Waals surface area contributed by atoms with Crippen LogP contribution in [0.4, 0.5) is 17.3 Å². The van der Waals surface area contributed by atoms with Gasteiger partial charge in [-0.1, -0.05) is 30.3 Å². The molecule has 1 aromatic carbocycles. The van der Waals surface area contributed by atoms with Crippen LogP contribution in [0.5, 0.6) is 0 Å². The molecular formula is C23H34N6. The van der Waals surface area contributed by atoms with Gasteiger partial charge in [0.05, 0.1) is 0 Å². The summed E-state index contributed by atoms with van der Waals surface area (Å²) in [5.74, 6) is 2.53. The minimum Gasteiger partial charge on any atom is -0.393 e. The Hall–Kier alpha value is -2.34. The molecule has 156 valence electrons. The first kappa shape index (κ1) is 20.0. The third-order valence-electron chi connectivity index (χ3n) is 6.69. The minimum atomic E-state index is 0.493. The molecule has 2 N–H and O–H groups in total. The standard InChI is InChI=1S/C23H34N6/c1-27-12-10-20(11-13-27)28(2)22-21(24)23(26-17-25-22)29-14-8-19(9-15-29)16-18-6-4-3-5-7-18/h3-7,17,19-20H,8-16,24H2,1-2H3. The first-order valence-electron chi connectivity index (χ1n) is 10.9. The van der Waals surface area contributed by atoms with E-state index in [2.05, 4.69) is 69.1 Å². The third-order valence-corrected chi connectivity index (χ3v) is 6.69. The van der Waals surface area contributed by atoms with E-state index >= 15 is 0 Å². The van der Waals surface area contributed by atoms with Crippen molar-refractivity contribution < 1.29 is 0 Å². The van der Waals surface area contributed by atoms with E-state index in [1.807, 2.05) is 0 Å². The molecule has 2 fully saturated rings. The Morgan fingerprint density at radius 3 is 2.38 bits per heavy atom. The normalized spacial score (nSPS) is 19.4. The minimum absolute atomic E-state index is 0.493. The second-order valence-electron chi connectivity index (χ2n) is 8.70. The largest absolute Gasteiger partial charge is 0.393 e. The number of likely N-dealkylation sites (tertiary alicyclic amines) is 1. The van der Waals surface area contributed by atoms with Crippen molar-refractivity contribution in [3.05, 3.63) is 42.2 Å². The smallest absolute Gasteiger partial charge is 0.157 e. The average molecular weight is 395 g/mol. The van der Waals surface area contributed by atoms with Gasteiger partial charge in [-0.2, -0.15) is 0 Å². The number of nitrogens with two attached hydrogens (primary N) is 1. The highest BCUT2D eigenvalue weighted by Crippen LogP contribution is 2.33. The van der Waals surface area contributed by atoms with E-state index in [9.17, 15) is 0 Å². The zero-order valence-corrected chi connectivity index (χ0v) is 17.8. The van der Waals surface area contributed by atoms with Crippen molar-refractivity contribution in [1.29, 1.82) is 0 Å². The Balaban J connectivity index is 1.40. The monoisotopic (exact) mass is 394 g/mol. The zero-order valence-electron chi connectivity index (χ0n) is 17.8. The third kappa shape index (κ3) is 4.64. The number of nitrogen functional groups attached to an aromatic ring is 1. The van der Waals surface area contributed by atoms with Gasteiger partial charge >= 0.3 is 0 Å². The van der Waals surface area contributed by atoms with Crippen LogP contribution in [0.15, 0.2) is 36.7 Å². The number of hydrogen-bond donors (Lipinski definition) is 1. The van der Waals surface area contributed by atoms with Gasteiger partial charge in [-0.3, -0.25) is 0 Å². The number of piperidine rings is 2. The van der Waals surface area contributed by atoms with Gasteiger partial charge in [0, 0.05) is 26.2 Å². The average Bonchev–Trinajstić information content (AvgIpc) is 2.75. The van der Waals surface area contributed by atoms with Crippen LogP contribution in [0.1, 0.15) is 31.2 Å². The number of nitrogens with zero attached hydrogens (tertiary/aromatic N) is 5. The van der Waals surface area contributed by atoms with Gasteiger partial charge in [-0.25, -0.2) is 9.97 Å². The van der Waals surface area contributed by atoms with Crippen LogP contribution < -0.4 is 15.5 Å². The lowest BCUT2D eigenvalue weighted by Gasteiger charge is -2.37. The molecule has 0 saturated carbocycles. The predicted molar refractivity (Wildman–Crippen MR) is 120 cm³/mol. The summed E-state index contributed by atoms with van der Waals surface area (Å²) < 4.78 is 0. The fourth-order valence-corrected chi connectivity index (χ4v) is 4.76. The highest BCUT2D eigenvalue weighted by Gasteiger charge is 2.27. The molecule has 2 saturated heterocycles. The van der Waals surface area contributed by atoms with Crippen LogP contribution >= 0.6 is 0 Å². The number of anilines is 3. The number of aromatic nitrogens is 2. The summed E-state index contributed by atoms with van der Waals surface area (Å²) in [4.78, 5) is 16.1. The summed E-state index contributed by atoms with van der Waals surface area (Å²) in [5.41, 5.74) is 8.76. The van der Waals surface area contributed by atoms with E-state index in [1.165, 1.54) is 18.4 Å². The molecule has 29 heavy (non-hydrogen) atoms. The summed E-state index contributed by atoms with van der Waals surface area (Å²) in [5, 5.41) is 0. The molecule has 0 radical (unpaired) electrons. The Bertz CT molecular complexity index is 779. The van der Waals surface area contributed by atoms with Crippen LogP contribution in [0, 0.1) is 5.92 Å². The fraction of sp³-hybridized carbons (Fsp3) is 0.565. The van der Waals surface area contributed by atoms with Gasteiger partial charge in [-0.15, -0.1) is 0 Å². The van der Waals surface area contributed by atoms with Crippen molar-refractivity contribution in [3.63, 3.8) is 0 Å². The fourth-order valence-electron chi connectivity index (χ4n) is 4.76. The van der Waals surface area contributed by atoms with Crippen LogP contribution in [0.2, 0.25) is 0 Å². The summed E-state index contributed by atoms with van der Waals surface area (Å²) in [7, 11) is 4.32. The molecule has 6 nitrogen and oxygen atoms in total. The molecule has 4 rings (SSSR count). The maximum atomic E-state index is 6.59. The number of benzene rings is 1. The van der Waals surface area contributed by atoms with Crippen molar-refractivity contribution in [1.82, 2.24) is 14.9 Å². The molecular weight excluding hydrogens is 360 g/mol. The molecule has 0 bridgehead atoms. The van der Waals surface area contributed by atoms with Crippen molar-refractivity contribution in [2.45, 2.75) is 38.1 Å². The van der Waals surface area contributed by atoms with Crippen LogP contribution in [0.3, 0.4) is 0 Å². The molecule has 0 unspecified atom stereocenters. The molecule has 0 atom stereocenters. The number of rotatable bonds is 5. The molecule has 2 aliphatic rings. The first-order valence-corrected chi connectivity index (χ1v) is 10.9. The van der Waals surface area contributed by atoms with Gasteiger partial charge in [-0.05, 0) is 63.7 Å².